The molecule has 2 fully saturated rings. The largest absolute Gasteiger partial charge is 0.297 e. The number of hydrogen-bond acceptors (Lipinski definition) is 2. The summed E-state index contributed by atoms with van der Waals surface area (Å²) in [6.07, 6.45) is 6.90. The molecule has 1 heterocycles. The molecule has 2 aliphatic rings. The lowest BCUT2D eigenvalue weighted by Gasteiger charge is -2.43. The zero-order valence-electron chi connectivity index (χ0n) is 16.2. The minimum atomic E-state index is -0.132. The van der Waals surface area contributed by atoms with E-state index in [-0.39, 0.29) is 5.82 Å². The Kier molecular flexibility index (Phi) is 6.21. The maximum Gasteiger partial charge on any atom is 0.123 e. The first-order valence-electron chi connectivity index (χ1n) is 10.6. The average Bonchev–Trinajstić information content (AvgIpc) is 2.71. The van der Waals surface area contributed by atoms with E-state index < -0.39 is 0 Å². The Balaban J connectivity index is 1.42. The minimum Gasteiger partial charge on any atom is -0.297 e. The highest BCUT2D eigenvalue weighted by atomic mass is 19.1. The number of piperazine rings is 1. The molecule has 1 saturated carbocycles. The lowest BCUT2D eigenvalue weighted by atomic mass is 9.80. The lowest BCUT2D eigenvalue weighted by molar-refractivity contribution is 0.0547. The zero-order chi connectivity index (χ0) is 18.5. The third kappa shape index (κ3) is 4.77. The molecule has 0 bridgehead atoms. The fourth-order valence-corrected chi connectivity index (χ4v) is 4.97. The van der Waals surface area contributed by atoms with Crippen molar-refractivity contribution >= 4 is 0 Å². The van der Waals surface area contributed by atoms with E-state index in [2.05, 4.69) is 40.1 Å². The van der Waals surface area contributed by atoms with Gasteiger partial charge in [0.2, 0.25) is 0 Å². The summed E-state index contributed by atoms with van der Waals surface area (Å²) in [4.78, 5) is 5.18. The first-order chi connectivity index (χ1) is 13.3. The van der Waals surface area contributed by atoms with Crippen molar-refractivity contribution in [3.8, 4) is 0 Å². The number of benzene rings is 2. The summed E-state index contributed by atoms with van der Waals surface area (Å²) >= 11 is 0. The highest BCUT2D eigenvalue weighted by molar-refractivity contribution is 5.21. The van der Waals surface area contributed by atoms with Gasteiger partial charge in [-0.1, -0.05) is 61.7 Å². The van der Waals surface area contributed by atoms with Gasteiger partial charge in [-0.05, 0) is 42.0 Å². The van der Waals surface area contributed by atoms with E-state index in [1.165, 1.54) is 43.7 Å². The van der Waals surface area contributed by atoms with E-state index in [0.29, 0.717) is 6.04 Å². The summed E-state index contributed by atoms with van der Waals surface area (Å²) < 4.78 is 13.5. The van der Waals surface area contributed by atoms with Gasteiger partial charge in [0.15, 0.2) is 0 Å². The summed E-state index contributed by atoms with van der Waals surface area (Å²) in [7, 11) is 0. The van der Waals surface area contributed by atoms with E-state index in [9.17, 15) is 4.39 Å². The van der Waals surface area contributed by atoms with Crippen molar-refractivity contribution in [2.45, 2.75) is 44.7 Å². The van der Waals surface area contributed by atoms with Crippen LogP contribution in [0.25, 0.3) is 0 Å². The van der Waals surface area contributed by atoms with Gasteiger partial charge in [-0.2, -0.15) is 0 Å². The summed E-state index contributed by atoms with van der Waals surface area (Å²) in [6, 6.07) is 18.7. The van der Waals surface area contributed by atoms with Crippen LogP contribution in [0.15, 0.2) is 54.6 Å². The van der Waals surface area contributed by atoms with Crippen molar-refractivity contribution in [3.63, 3.8) is 0 Å². The Morgan fingerprint density at radius 1 is 0.852 bits per heavy atom. The fourth-order valence-electron chi connectivity index (χ4n) is 4.97. The number of rotatable bonds is 5. The third-order valence-corrected chi connectivity index (χ3v) is 6.33. The van der Waals surface area contributed by atoms with E-state index in [4.69, 9.17) is 0 Å². The molecule has 2 nitrogen and oxygen atoms in total. The van der Waals surface area contributed by atoms with Crippen molar-refractivity contribution in [3.05, 3.63) is 71.5 Å². The van der Waals surface area contributed by atoms with Crippen molar-refractivity contribution in [1.82, 2.24) is 9.80 Å². The molecule has 4 rings (SSSR count). The Labute approximate surface area is 163 Å². The van der Waals surface area contributed by atoms with Crippen LogP contribution in [0, 0.1) is 11.7 Å². The lowest BCUT2D eigenvalue weighted by Crippen LogP contribution is -2.48. The molecule has 2 aromatic rings. The van der Waals surface area contributed by atoms with Gasteiger partial charge in [0.25, 0.3) is 0 Å². The molecule has 1 aliphatic heterocycles. The number of nitrogens with zero attached hydrogens (tertiary/aromatic N) is 2. The predicted octanol–water partition coefficient (Wildman–Crippen LogP) is 5.26. The van der Waals surface area contributed by atoms with Gasteiger partial charge < -0.3 is 0 Å². The fraction of sp³-hybridized carbons (Fsp3) is 0.500. The summed E-state index contributed by atoms with van der Waals surface area (Å²) in [5.41, 5.74) is 2.57. The van der Waals surface area contributed by atoms with Gasteiger partial charge >= 0.3 is 0 Å². The Morgan fingerprint density at radius 3 is 2.30 bits per heavy atom. The smallest absolute Gasteiger partial charge is 0.123 e. The molecule has 1 atom stereocenters. The average molecular weight is 367 g/mol. The van der Waals surface area contributed by atoms with E-state index in [1.807, 2.05) is 12.1 Å². The highest BCUT2D eigenvalue weighted by Gasteiger charge is 2.32. The van der Waals surface area contributed by atoms with Crippen LogP contribution in [-0.2, 0) is 6.54 Å². The molecule has 0 N–H and O–H groups in total. The number of halogens is 1. The predicted molar refractivity (Wildman–Crippen MR) is 109 cm³/mol. The van der Waals surface area contributed by atoms with Gasteiger partial charge in [0.05, 0.1) is 0 Å². The van der Waals surface area contributed by atoms with E-state index in [1.54, 1.807) is 6.07 Å². The van der Waals surface area contributed by atoms with Gasteiger partial charge in [-0.25, -0.2) is 4.39 Å². The summed E-state index contributed by atoms with van der Waals surface area (Å²) in [6.45, 7) is 5.18. The second kappa shape index (κ2) is 8.99. The van der Waals surface area contributed by atoms with Crippen molar-refractivity contribution < 1.29 is 4.39 Å². The molecule has 0 spiro atoms. The summed E-state index contributed by atoms with van der Waals surface area (Å²) in [5, 5.41) is 0. The quantitative estimate of drug-likeness (QED) is 0.712. The van der Waals surface area contributed by atoms with Crippen LogP contribution in [0.1, 0.15) is 49.3 Å². The molecule has 144 valence electrons. The highest BCUT2D eigenvalue weighted by Crippen LogP contribution is 2.38. The van der Waals surface area contributed by atoms with Crippen LogP contribution in [0.4, 0.5) is 4.39 Å². The Morgan fingerprint density at radius 2 is 1.59 bits per heavy atom. The van der Waals surface area contributed by atoms with Crippen molar-refractivity contribution in [1.29, 1.82) is 0 Å². The normalized spacial score (nSPS) is 21.2. The Hall–Kier alpha value is -1.71. The van der Waals surface area contributed by atoms with E-state index >= 15 is 0 Å². The molecule has 0 aromatic heterocycles. The molecular weight excluding hydrogens is 335 g/mol. The molecule has 0 amide bonds. The Bertz CT molecular complexity index is 703. The van der Waals surface area contributed by atoms with E-state index in [0.717, 1.165) is 44.2 Å². The van der Waals surface area contributed by atoms with Crippen LogP contribution in [0.2, 0.25) is 0 Å². The molecule has 27 heavy (non-hydrogen) atoms. The zero-order valence-corrected chi connectivity index (χ0v) is 16.2. The second-order valence-corrected chi connectivity index (χ2v) is 8.20. The van der Waals surface area contributed by atoms with Gasteiger partial charge in [0, 0.05) is 38.8 Å². The van der Waals surface area contributed by atoms with Crippen LogP contribution in [-0.4, -0.2) is 36.0 Å². The standard InChI is InChI=1S/C24H31FN2/c25-23-13-7-8-20(18-23)19-26-14-16-27(17-15-26)24(21-9-3-1-4-10-21)22-11-5-2-6-12-22/h1,3-4,7-10,13,18,22,24H,2,5-6,11-12,14-17,19H2. The monoisotopic (exact) mass is 366 g/mol. The molecule has 1 saturated heterocycles. The maximum absolute atomic E-state index is 13.5. The molecular formula is C24H31FN2. The first kappa shape index (κ1) is 18.6. The van der Waals surface area contributed by atoms with Gasteiger partial charge in [-0.15, -0.1) is 0 Å². The van der Waals surface area contributed by atoms with Crippen molar-refractivity contribution in [2.24, 2.45) is 5.92 Å². The number of hydrogen-bond donors (Lipinski definition) is 0. The van der Waals surface area contributed by atoms with Gasteiger partial charge in [-0.3, -0.25) is 9.80 Å². The molecule has 1 unspecified atom stereocenters. The molecule has 0 radical (unpaired) electrons. The minimum absolute atomic E-state index is 0.132. The third-order valence-electron chi connectivity index (χ3n) is 6.33. The van der Waals surface area contributed by atoms with Crippen molar-refractivity contribution in [2.75, 3.05) is 26.2 Å². The van der Waals surface area contributed by atoms with Crippen LogP contribution in [0.5, 0.6) is 0 Å². The molecule has 2 aromatic carbocycles. The molecule has 1 aliphatic carbocycles. The molecule has 3 heteroatoms. The second-order valence-electron chi connectivity index (χ2n) is 8.20. The maximum atomic E-state index is 13.5. The summed E-state index contributed by atoms with van der Waals surface area (Å²) in [5.74, 6) is 0.656. The van der Waals surface area contributed by atoms with Gasteiger partial charge in [0.1, 0.15) is 5.82 Å². The van der Waals surface area contributed by atoms with Crippen LogP contribution < -0.4 is 0 Å². The topological polar surface area (TPSA) is 6.48 Å². The first-order valence-corrected chi connectivity index (χ1v) is 10.6. The SMILES string of the molecule is Fc1cccc(CN2CCN(C(c3ccccc3)C3CCCCC3)CC2)c1. The van der Waals surface area contributed by atoms with Crippen LogP contribution >= 0.6 is 0 Å². The van der Waals surface area contributed by atoms with Crippen LogP contribution in [0.3, 0.4) is 0 Å².